The summed E-state index contributed by atoms with van der Waals surface area (Å²) >= 11 is 0. The highest BCUT2D eigenvalue weighted by Crippen LogP contribution is 2.24. The standard InChI is InChI=1S/C10H13N3/c1-6-9(11)5-4-8-7(2)13(3)12-10(6)8/h4-5H,11H2,1-3H3. The Bertz CT molecular complexity index is 468. The van der Waals surface area contributed by atoms with Crippen molar-refractivity contribution in [3.8, 4) is 0 Å². The number of nitrogens with zero attached hydrogens (tertiary/aromatic N) is 2. The Morgan fingerprint density at radius 1 is 1.31 bits per heavy atom. The van der Waals surface area contributed by atoms with Crippen molar-refractivity contribution in [2.75, 3.05) is 5.73 Å². The third-order valence-corrected chi connectivity index (χ3v) is 2.60. The van der Waals surface area contributed by atoms with Crippen LogP contribution in [0.3, 0.4) is 0 Å². The summed E-state index contributed by atoms with van der Waals surface area (Å²) in [6, 6.07) is 3.96. The van der Waals surface area contributed by atoms with Crippen molar-refractivity contribution < 1.29 is 0 Å². The summed E-state index contributed by atoms with van der Waals surface area (Å²) in [5.74, 6) is 0. The van der Waals surface area contributed by atoms with E-state index in [1.165, 1.54) is 11.1 Å². The number of hydrogen-bond acceptors (Lipinski definition) is 2. The van der Waals surface area contributed by atoms with Crippen molar-refractivity contribution in [2.45, 2.75) is 13.8 Å². The quantitative estimate of drug-likeness (QED) is 0.620. The Morgan fingerprint density at radius 2 is 2.00 bits per heavy atom. The lowest BCUT2D eigenvalue weighted by Gasteiger charge is -1.98. The third-order valence-electron chi connectivity index (χ3n) is 2.60. The Morgan fingerprint density at radius 3 is 2.69 bits per heavy atom. The summed E-state index contributed by atoms with van der Waals surface area (Å²) in [5, 5.41) is 5.60. The van der Waals surface area contributed by atoms with E-state index in [9.17, 15) is 0 Å². The van der Waals surface area contributed by atoms with E-state index in [1.54, 1.807) is 0 Å². The van der Waals surface area contributed by atoms with Gasteiger partial charge in [0.05, 0.1) is 5.52 Å². The molecule has 0 aliphatic rings. The number of rotatable bonds is 0. The second-order valence-corrected chi connectivity index (χ2v) is 3.38. The molecule has 3 nitrogen and oxygen atoms in total. The van der Waals surface area contributed by atoms with Gasteiger partial charge in [-0.3, -0.25) is 4.68 Å². The van der Waals surface area contributed by atoms with Gasteiger partial charge in [-0.05, 0) is 26.0 Å². The molecule has 0 fully saturated rings. The molecule has 3 heteroatoms. The molecule has 0 amide bonds. The van der Waals surface area contributed by atoms with E-state index in [0.29, 0.717) is 0 Å². The highest BCUT2D eigenvalue weighted by Gasteiger charge is 2.07. The first-order valence-electron chi connectivity index (χ1n) is 4.29. The predicted molar refractivity (Wildman–Crippen MR) is 54.6 cm³/mol. The van der Waals surface area contributed by atoms with Crippen LogP contribution in [0.1, 0.15) is 11.3 Å². The molecule has 0 aliphatic heterocycles. The Kier molecular flexibility index (Phi) is 1.55. The average molecular weight is 175 g/mol. The van der Waals surface area contributed by atoms with Gasteiger partial charge in [0.2, 0.25) is 0 Å². The normalized spacial score (nSPS) is 11.0. The number of hydrogen-bond donors (Lipinski definition) is 1. The maximum atomic E-state index is 5.80. The highest BCUT2D eigenvalue weighted by molar-refractivity contribution is 5.88. The molecule has 2 aromatic rings. The molecule has 13 heavy (non-hydrogen) atoms. The summed E-state index contributed by atoms with van der Waals surface area (Å²) in [7, 11) is 1.95. The van der Waals surface area contributed by atoms with E-state index in [0.717, 1.165) is 16.8 Å². The van der Waals surface area contributed by atoms with Crippen LogP contribution in [0.25, 0.3) is 10.9 Å². The number of nitrogens with two attached hydrogens (primary N) is 1. The van der Waals surface area contributed by atoms with Crippen LogP contribution in [0.5, 0.6) is 0 Å². The maximum Gasteiger partial charge on any atom is 0.0975 e. The minimum atomic E-state index is 0.811. The number of nitrogen functional groups attached to an aromatic ring is 1. The number of benzene rings is 1. The van der Waals surface area contributed by atoms with Crippen LogP contribution in [0.4, 0.5) is 5.69 Å². The molecular formula is C10H13N3. The van der Waals surface area contributed by atoms with Gasteiger partial charge in [-0.1, -0.05) is 0 Å². The minimum absolute atomic E-state index is 0.811. The van der Waals surface area contributed by atoms with E-state index < -0.39 is 0 Å². The molecule has 68 valence electrons. The summed E-state index contributed by atoms with van der Waals surface area (Å²) in [4.78, 5) is 0. The van der Waals surface area contributed by atoms with Gasteiger partial charge in [-0.2, -0.15) is 5.10 Å². The Hall–Kier alpha value is -1.51. The Balaban J connectivity index is 2.94. The predicted octanol–water partition coefficient (Wildman–Crippen LogP) is 1.77. The third kappa shape index (κ3) is 1.00. The van der Waals surface area contributed by atoms with Gasteiger partial charge in [0, 0.05) is 29.4 Å². The molecule has 2 N–H and O–H groups in total. The van der Waals surface area contributed by atoms with Crippen LogP contribution >= 0.6 is 0 Å². The number of aromatic nitrogens is 2. The molecule has 0 spiro atoms. The molecule has 0 atom stereocenters. The molecule has 0 saturated heterocycles. The summed E-state index contributed by atoms with van der Waals surface area (Å²) in [5.41, 5.74) is 9.87. The first kappa shape index (κ1) is 8.10. The molecule has 1 heterocycles. The molecule has 0 aliphatic carbocycles. The first-order chi connectivity index (χ1) is 6.11. The van der Waals surface area contributed by atoms with E-state index in [-0.39, 0.29) is 0 Å². The monoisotopic (exact) mass is 175 g/mol. The van der Waals surface area contributed by atoms with Crippen LogP contribution in [-0.4, -0.2) is 9.78 Å². The fourth-order valence-corrected chi connectivity index (χ4v) is 1.54. The van der Waals surface area contributed by atoms with Crippen molar-refractivity contribution in [3.63, 3.8) is 0 Å². The van der Waals surface area contributed by atoms with Gasteiger partial charge in [0.25, 0.3) is 0 Å². The smallest absolute Gasteiger partial charge is 0.0975 e. The lowest BCUT2D eigenvalue weighted by Crippen LogP contribution is -1.92. The van der Waals surface area contributed by atoms with Crippen LogP contribution in [0, 0.1) is 13.8 Å². The van der Waals surface area contributed by atoms with Gasteiger partial charge in [0.1, 0.15) is 0 Å². The lowest BCUT2D eigenvalue weighted by atomic mass is 10.1. The zero-order valence-electron chi connectivity index (χ0n) is 8.13. The van der Waals surface area contributed by atoms with Crippen LogP contribution < -0.4 is 5.73 Å². The molecule has 1 aromatic heterocycles. The van der Waals surface area contributed by atoms with Gasteiger partial charge in [-0.15, -0.1) is 0 Å². The largest absolute Gasteiger partial charge is 0.398 e. The molecular weight excluding hydrogens is 162 g/mol. The van der Waals surface area contributed by atoms with Crippen molar-refractivity contribution in [1.82, 2.24) is 9.78 Å². The van der Waals surface area contributed by atoms with Crippen LogP contribution in [0.2, 0.25) is 0 Å². The SMILES string of the molecule is Cc1c(N)ccc2c(C)n(C)nc12. The van der Waals surface area contributed by atoms with Gasteiger partial charge in [-0.25, -0.2) is 0 Å². The van der Waals surface area contributed by atoms with E-state index >= 15 is 0 Å². The highest BCUT2D eigenvalue weighted by atomic mass is 15.3. The van der Waals surface area contributed by atoms with Crippen LogP contribution in [0.15, 0.2) is 12.1 Å². The maximum absolute atomic E-state index is 5.80. The van der Waals surface area contributed by atoms with Crippen LogP contribution in [-0.2, 0) is 7.05 Å². The summed E-state index contributed by atoms with van der Waals surface area (Å²) in [6.45, 7) is 4.06. The molecule has 2 rings (SSSR count). The lowest BCUT2D eigenvalue weighted by molar-refractivity contribution is 0.750. The molecule has 1 aromatic carbocycles. The van der Waals surface area contributed by atoms with Crippen molar-refractivity contribution in [3.05, 3.63) is 23.4 Å². The summed E-state index contributed by atoms with van der Waals surface area (Å²) in [6.07, 6.45) is 0. The topological polar surface area (TPSA) is 43.8 Å². The van der Waals surface area contributed by atoms with Crippen molar-refractivity contribution in [1.29, 1.82) is 0 Å². The second-order valence-electron chi connectivity index (χ2n) is 3.38. The average Bonchev–Trinajstić information content (AvgIpc) is 2.38. The van der Waals surface area contributed by atoms with Gasteiger partial charge >= 0.3 is 0 Å². The van der Waals surface area contributed by atoms with E-state index in [1.807, 2.05) is 30.8 Å². The Labute approximate surface area is 77.2 Å². The fourth-order valence-electron chi connectivity index (χ4n) is 1.54. The van der Waals surface area contributed by atoms with E-state index in [2.05, 4.69) is 12.0 Å². The number of fused-ring (bicyclic) bond motifs is 1. The molecule has 0 saturated carbocycles. The number of anilines is 1. The van der Waals surface area contributed by atoms with Gasteiger partial charge < -0.3 is 5.73 Å². The molecule has 0 unspecified atom stereocenters. The zero-order chi connectivity index (χ0) is 9.59. The van der Waals surface area contributed by atoms with Crippen molar-refractivity contribution >= 4 is 16.6 Å². The molecule has 0 radical (unpaired) electrons. The second kappa shape index (κ2) is 2.49. The number of aryl methyl sites for hydroxylation is 3. The fraction of sp³-hybridized carbons (Fsp3) is 0.300. The minimum Gasteiger partial charge on any atom is -0.398 e. The zero-order valence-corrected chi connectivity index (χ0v) is 8.13. The van der Waals surface area contributed by atoms with Gasteiger partial charge in [0.15, 0.2) is 0 Å². The van der Waals surface area contributed by atoms with Crippen molar-refractivity contribution in [2.24, 2.45) is 7.05 Å². The first-order valence-corrected chi connectivity index (χ1v) is 4.29. The molecule has 0 bridgehead atoms. The van der Waals surface area contributed by atoms with E-state index in [4.69, 9.17) is 5.73 Å². The summed E-state index contributed by atoms with van der Waals surface area (Å²) < 4.78 is 1.89.